The van der Waals surface area contributed by atoms with Crippen molar-refractivity contribution in [2.24, 2.45) is 0 Å². The molecule has 2 aromatic heterocycles. The van der Waals surface area contributed by atoms with Gasteiger partial charge in [-0.2, -0.15) is 0 Å². The molecule has 1 N–H and O–H groups in total. The van der Waals surface area contributed by atoms with E-state index in [0.717, 1.165) is 22.3 Å². The third kappa shape index (κ3) is 1.59. The number of aliphatic hydroxyl groups is 1. The summed E-state index contributed by atoms with van der Waals surface area (Å²) < 4.78 is 1.96. The number of para-hydroxylation sites is 1. The highest BCUT2D eigenvalue weighted by Gasteiger charge is 2.08. The summed E-state index contributed by atoms with van der Waals surface area (Å²) in [5, 5.41) is 10.4. The first-order valence-electron chi connectivity index (χ1n) is 5.36. The Kier molecular flexibility index (Phi) is 2.34. The van der Waals surface area contributed by atoms with Gasteiger partial charge in [-0.05, 0) is 12.1 Å². The van der Waals surface area contributed by atoms with Gasteiger partial charge in [0.15, 0.2) is 0 Å². The Hall–Kier alpha value is -2.20. The summed E-state index contributed by atoms with van der Waals surface area (Å²) in [6.07, 6.45) is 5.13. The molecular formula is C13H11N3O. The fourth-order valence-electron chi connectivity index (χ4n) is 1.99. The van der Waals surface area contributed by atoms with Gasteiger partial charge in [-0.3, -0.25) is 0 Å². The molecule has 0 aliphatic carbocycles. The van der Waals surface area contributed by atoms with Crippen molar-refractivity contribution in [1.82, 2.24) is 14.5 Å². The van der Waals surface area contributed by atoms with E-state index in [-0.39, 0.29) is 6.61 Å². The molecular weight excluding hydrogens is 214 g/mol. The second kappa shape index (κ2) is 3.99. The molecule has 0 saturated carbocycles. The first kappa shape index (κ1) is 9.99. The maximum atomic E-state index is 9.35. The summed E-state index contributed by atoms with van der Waals surface area (Å²) in [5.74, 6) is 0.802. The summed E-state index contributed by atoms with van der Waals surface area (Å²) in [7, 11) is 0. The Morgan fingerprint density at radius 1 is 1.18 bits per heavy atom. The molecule has 0 spiro atoms. The van der Waals surface area contributed by atoms with Crippen LogP contribution in [0.15, 0.2) is 49.1 Å². The maximum absolute atomic E-state index is 9.35. The fraction of sp³-hybridized carbons (Fsp3) is 0.0769. The van der Waals surface area contributed by atoms with E-state index < -0.39 is 0 Å². The molecule has 0 radical (unpaired) electrons. The molecule has 4 nitrogen and oxygen atoms in total. The molecule has 17 heavy (non-hydrogen) atoms. The lowest BCUT2D eigenvalue weighted by Crippen LogP contribution is -1.95. The van der Waals surface area contributed by atoms with Gasteiger partial charge in [0.05, 0.1) is 12.1 Å². The number of fused-ring (bicyclic) bond motifs is 1. The summed E-state index contributed by atoms with van der Waals surface area (Å²) in [6.45, 7) is 0.0264. The minimum Gasteiger partial charge on any atom is -0.392 e. The lowest BCUT2D eigenvalue weighted by Gasteiger charge is -2.02. The number of benzene rings is 1. The first-order valence-corrected chi connectivity index (χ1v) is 5.36. The monoisotopic (exact) mass is 225 g/mol. The van der Waals surface area contributed by atoms with E-state index in [1.165, 1.54) is 6.33 Å². The molecule has 84 valence electrons. The van der Waals surface area contributed by atoms with Crippen LogP contribution in [-0.2, 0) is 6.61 Å². The van der Waals surface area contributed by atoms with Crippen molar-refractivity contribution in [1.29, 1.82) is 0 Å². The molecule has 3 rings (SSSR count). The van der Waals surface area contributed by atoms with E-state index in [9.17, 15) is 5.11 Å². The molecule has 0 aliphatic rings. The predicted octanol–water partition coefficient (Wildman–Crippen LogP) is 1.91. The quantitative estimate of drug-likeness (QED) is 0.724. The number of rotatable bonds is 2. The molecule has 0 aliphatic heterocycles. The van der Waals surface area contributed by atoms with Gasteiger partial charge in [0, 0.05) is 23.3 Å². The predicted molar refractivity (Wildman–Crippen MR) is 64.8 cm³/mol. The molecule has 0 bridgehead atoms. The van der Waals surface area contributed by atoms with Crippen LogP contribution < -0.4 is 0 Å². The van der Waals surface area contributed by atoms with Gasteiger partial charge in [0.2, 0.25) is 0 Å². The Morgan fingerprint density at radius 2 is 2.06 bits per heavy atom. The Bertz CT molecular complexity index is 646. The second-order valence-corrected chi connectivity index (χ2v) is 3.77. The van der Waals surface area contributed by atoms with Crippen molar-refractivity contribution in [2.75, 3.05) is 0 Å². The van der Waals surface area contributed by atoms with Crippen molar-refractivity contribution in [2.45, 2.75) is 6.61 Å². The average Bonchev–Trinajstić information content (AvgIpc) is 2.78. The van der Waals surface area contributed by atoms with Gasteiger partial charge in [-0.15, -0.1) is 0 Å². The average molecular weight is 225 g/mol. The molecule has 0 fully saturated rings. The first-order chi connectivity index (χ1) is 8.40. The van der Waals surface area contributed by atoms with Crippen molar-refractivity contribution >= 4 is 10.9 Å². The van der Waals surface area contributed by atoms with Crippen LogP contribution in [0.1, 0.15) is 5.56 Å². The Morgan fingerprint density at radius 3 is 2.82 bits per heavy atom. The molecule has 0 unspecified atom stereocenters. The third-order valence-electron chi connectivity index (χ3n) is 2.78. The fourth-order valence-corrected chi connectivity index (χ4v) is 1.99. The van der Waals surface area contributed by atoms with Crippen molar-refractivity contribution in [3.05, 3.63) is 54.6 Å². The topological polar surface area (TPSA) is 50.9 Å². The summed E-state index contributed by atoms with van der Waals surface area (Å²) in [4.78, 5) is 8.12. The highest BCUT2D eigenvalue weighted by molar-refractivity contribution is 5.85. The van der Waals surface area contributed by atoms with E-state index in [2.05, 4.69) is 9.97 Å². The van der Waals surface area contributed by atoms with Gasteiger partial charge >= 0.3 is 0 Å². The molecule has 1 aromatic carbocycles. The van der Waals surface area contributed by atoms with Gasteiger partial charge in [-0.1, -0.05) is 18.2 Å². The van der Waals surface area contributed by atoms with Crippen molar-refractivity contribution < 1.29 is 5.11 Å². The van der Waals surface area contributed by atoms with E-state index >= 15 is 0 Å². The summed E-state index contributed by atoms with van der Waals surface area (Å²) >= 11 is 0. The highest BCUT2D eigenvalue weighted by atomic mass is 16.3. The molecule has 0 atom stereocenters. The number of hydrogen-bond donors (Lipinski definition) is 1. The largest absolute Gasteiger partial charge is 0.392 e. The molecule has 2 heterocycles. The summed E-state index contributed by atoms with van der Waals surface area (Å²) in [6, 6.07) is 9.79. The van der Waals surface area contributed by atoms with Crippen LogP contribution in [0.5, 0.6) is 0 Å². The van der Waals surface area contributed by atoms with Gasteiger partial charge in [0.1, 0.15) is 12.1 Å². The number of nitrogens with zero attached hydrogens (tertiary/aromatic N) is 3. The lowest BCUT2D eigenvalue weighted by atomic mass is 10.2. The van der Waals surface area contributed by atoms with Crippen LogP contribution in [0.2, 0.25) is 0 Å². The van der Waals surface area contributed by atoms with Crippen molar-refractivity contribution in [3.63, 3.8) is 0 Å². The van der Waals surface area contributed by atoms with Crippen LogP contribution in [0.25, 0.3) is 16.7 Å². The van der Waals surface area contributed by atoms with Gasteiger partial charge in [-0.25, -0.2) is 9.97 Å². The lowest BCUT2D eigenvalue weighted by molar-refractivity contribution is 0.283. The molecule has 0 amide bonds. The van der Waals surface area contributed by atoms with E-state index in [1.54, 1.807) is 6.20 Å². The molecule has 4 heteroatoms. The zero-order valence-corrected chi connectivity index (χ0v) is 9.11. The highest BCUT2D eigenvalue weighted by Crippen LogP contribution is 2.23. The van der Waals surface area contributed by atoms with Crippen LogP contribution in [-0.4, -0.2) is 19.6 Å². The SMILES string of the molecule is OCc1cn(-c2ccncn2)c2ccccc12. The second-order valence-electron chi connectivity index (χ2n) is 3.77. The van der Waals surface area contributed by atoms with E-state index in [0.29, 0.717) is 0 Å². The number of aliphatic hydroxyl groups excluding tert-OH is 1. The van der Waals surface area contributed by atoms with E-state index in [1.807, 2.05) is 41.1 Å². The van der Waals surface area contributed by atoms with Crippen molar-refractivity contribution in [3.8, 4) is 5.82 Å². The zero-order valence-electron chi connectivity index (χ0n) is 9.11. The minimum atomic E-state index is 0.0264. The Balaban J connectivity index is 2.31. The van der Waals surface area contributed by atoms with Crippen LogP contribution in [0, 0.1) is 0 Å². The Labute approximate surface area is 98.2 Å². The number of hydrogen-bond acceptors (Lipinski definition) is 3. The smallest absolute Gasteiger partial charge is 0.140 e. The molecule has 3 aromatic rings. The zero-order chi connectivity index (χ0) is 11.7. The van der Waals surface area contributed by atoms with Gasteiger partial charge < -0.3 is 9.67 Å². The van der Waals surface area contributed by atoms with Crippen LogP contribution in [0.4, 0.5) is 0 Å². The minimum absolute atomic E-state index is 0.0264. The van der Waals surface area contributed by atoms with E-state index in [4.69, 9.17) is 0 Å². The third-order valence-corrected chi connectivity index (χ3v) is 2.78. The number of aromatic nitrogens is 3. The van der Waals surface area contributed by atoms with Crippen LogP contribution in [0.3, 0.4) is 0 Å². The summed E-state index contributed by atoms with van der Waals surface area (Å²) in [5.41, 5.74) is 1.94. The molecule has 0 saturated heterocycles. The normalized spacial score (nSPS) is 10.9. The maximum Gasteiger partial charge on any atom is 0.140 e. The standard InChI is InChI=1S/C13H11N3O/c17-8-10-7-16(13-5-6-14-9-15-13)12-4-2-1-3-11(10)12/h1-7,9,17H,8H2. The van der Waals surface area contributed by atoms with Crippen LogP contribution >= 0.6 is 0 Å². The van der Waals surface area contributed by atoms with Gasteiger partial charge in [0.25, 0.3) is 0 Å².